The number of esters is 1. The van der Waals surface area contributed by atoms with E-state index >= 15 is 0 Å². The standard InChI is InChI=1S/C9H9N3O2/c1-2-14-9(13)8-7-6(3-4-10-7)5-11-12-8/h3-5,10H,2H2,1H3. The van der Waals surface area contributed by atoms with Crippen LogP contribution in [0.1, 0.15) is 17.4 Å². The van der Waals surface area contributed by atoms with E-state index in [0.717, 1.165) is 5.39 Å². The highest BCUT2D eigenvalue weighted by atomic mass is 16.5. The molecule has 0 aliphatic heterocycles. The van der Waals surface area contributed by atoms with Gasteiger partial charge in [-0.15, -0.1) is 5.10 Å². The molecule has 5 nitrogen and oxygen atoms in total. The number of carbonyl (C=O) groups excluding carboxylic acids is 1. The molecule has 0 aromatic carbocycles. The molecule has 0 saturated carbocycles. The van der Waals surface area contributed by atoms with Crippen LogP contribution in [-0.2, 0) is 4.74 Å². The van der Waals surface area contributed by atoms with Gasteiger partial charge in [0.05, 0.1) is 18.3 Å². The second-order valence-corrected chi connectivity index (χ2v) is 2.72. The van der Waals surface area contributed by atoms with Crippen LogP contribution in [0.2, 0.25) is 0 Å². The van der Waals surface area contributed by atoms with E-state index in [0.29, 0.717) is 12.1 Å². The van der Waals surface area contributed by atoms with Gasteiger partial charge in [-0.1, -0.05) is 0 Å². The molecule has 2 rings (SSSR count). The number of H-pyrrole nitrogens is 1. The number of fused-ring (bicyclic) bond motifs is 1. The minimum absolute atomic E-state index is 0.231. The molecule has 0 bridgehead atoms. The van der Waals surface area contributed by atoms with E-state index in [1.165, 1.54) is 0 Å². The zero-order valence-corrected chi connectivity index (χ0v) is 7.65. The van der Waals surface area contributed by atoms with E-state index < -0.39 is 5.97 Å². The number of carbonyl (C=O) groups is 1. The van der Waals surface area contributed by atoms with Gasteiger partial charge in [0.15, 0.2) is 5.69 Å². The van der Waals surface area contributed by atoms with Gasteiger partial charge in [0.2, 0.25) is 0 Å². The Hall–Kier alpha value is -1.91. The summed E-state index contributed by atoms with van der Waals surface area (Å²) in [6.45, 7) is 2.08. The monoisotopic (exact) mass is 191 g/mol. The van der Waals surface area contributed by atoms with E-state index in [1.54, 1.807) is 19.3 Å². The maximum absolute atomic E-state index is 11.4. The third-order valence-corrected chi connectivity index (χ3v) is 1.84. The summed E-state index contributed by atoms with van der Waals surface area (Å²) < 4.78 is 4.84. The molecule has 5 heteroatoms. The second-order valence-electron chi connectivity index (χ2n) is 2.72. The summed E-state index contributed by atoms with van der Waals surface area (Å²) in [5.74, 6) is -0.451. The minimum Gasteiger partial charge on any atom is -0.461 e. The van der Waals surface area contributed by atoms with Crippen LogP contribution in [0.4, 0.5) is 0 Å². The smallest absolute Gasteiger partial charge is 0.361 e. The van der Waals surface area contributed by atoms with Crippen LogP contribution in [0.3, 0.4) is 0 Å². The molecule has 2 aromatic rings. The van der Waals surface area contributed by atoms with Crippen molar-refractivity contribution in [2.45, 2.75) is 6.92 Å². The number of nitrogens with zero attached hydrogens (tertiary/aromatic N) is 2. The summed E-state index contributed by atoms with van der Waals surface area (Å²) in [6.07, 6.45) is 3.32. The normalized spacial score (nSPS) is 10.4. The molecule has 0 atom stereocenters. The summed E-state index contributed by atoms with van der Waals surface area (Å²) in [5, 5.41) is 8.31. The van der Waals surface area contributed by atoms with E-state index in [9.17, 15) is 4.79 Å². The van der Waals surface area contributed by atoms with E-state index in [2.05, 4.69) is 15.2 Å². The highest BCUT2D eigenvalue weighted by Crippen LogP contribution is 2.13. The number of hydrogen-bond acceptors (Lipinski definition) is 4. The summed E-state index contributed by atoms with van der Waals surface area (Å²) in [4.78, 5) is 14.3. The fourth-order valence-corrected chi connectivity index (χ4v) is 1.24. The molecule has 0 amide bonds. The topological polar surface area (TPSA) is 67.9 Å². The van der Waals surface area contributed by atoms with Gasteiger partial charge >= 0.3 is 5.97 Å². The van der Waals surface area contributed by atoms with Gasteiger partial charge in [0.1, 0.15) is 0 Å². The van der Waals surface area contributed by atoms with E-state index in [-0.39, 0.29) is 5.69 Å². The molecule has 0 fully saturated rings. The number of hydrogen-bond donors (Lipinski definition) is 1. The number of aromatic nitrogens is 3. The minimum atomic E-state index is -0.451. The number of nitrogens with one attached hydrogen (secondary N) is 1. The molecule has 2 heterocycles. The van der Waals surface area contributed by atoms with Crippen LogP contribution in [0, 0.1) is 0 Å². The van der Waals surface area contributed by atoms with Gasteiger partial charge in [-0.2, -0.15) is 5.10 Å². The van der Waals surface area contributed by atoms with Gasteiger partial charge in [0, 0.05) is 11.6 Å². The summed E-state index contributed by atoms with van der Waals surface area (Å²) >= 11 is 0. The van der Waals surface area contributed by atoms with Crippen molar-refractivity contribution in [1.82, 2.24) is 15.2 Å². The lowest BCUT2D eigenvalue weighted by Crippen LogP contribution is -2.08. The molecule has 14 heavy (non-hydrogen) atoms. The van der Waals surface area contributed by atoms with Crippen LogP contribution < -0.4 is 0 Å². The van der Waals surface area contributed by atoms with Crippen LogP contribution in [0.5, 0.6) is 0 Å². The molecular formula is C9H9N3O2. The first-order valence-electron chi connectivity index (χ1n) is 4.29. The lowest BCUT2D eigenvalue weighted by Gasteiger charge is -2.00. The molecule has 0 aliphatic carbocycles. The van der Waals surface area contributed by atoms with Crippen molar-refractivity contribution in [2.24, 2.45) is 0 Å². The average Bonchev–Trinajstić information content (AvgIpc) is 2.65. The zero-order chi connectivity index (χ0) is 9.97. The Balaban J connectivity index is 2.50. The SMILES string of the molecule is CCOC(=O)c1nncc2cc[nH]c12. The molecule has 1 N–H and O–H groups in total. The summed E-state index contributed by atoms with van der Waals surface area (Å²) in [6, 6.07) is 1.83. The second kappa shape index (κ2) is 3.45. The van der Waals surface area contributed by atoms with Crippen molar-refractivity contribution in [3.8, 4) is 0 Å². The van der Waals surface area contributed by atoms with Crippen LogP contribution >= 0.6 is 0 Å². The highest BCUT2D eigenvalue weighted by Gasteiger charge is 2.13. The Kier molecular flexibility index (Phi) is 2.14. The zero-order valence-electron chi connectivity index (χ0n) is 7.65. The van der Waals surface area contributed by atoms with Gasteiger partial charge in [-0.3, -0.25) is 0 Å². The molecule has 0 aliphatic rings. The van der Waals surface area contributed by atoms with Gasteiger partial charge in [0.25, 0.3) is 0 Å². The first-order valence-corrected chi connectivity index (χ1v) is 4.29. The van der Waals surface area contributed by atoms with Crippen molar-refractivity contribution >= 4 is 16.9 Å². The molecule has 0 unspecified atom stereocenters. The number of rotatable bonds is 2. The molecule has 2 aromatic heterocycles. The quantitative estimate of drug-likeness (QED) is 0.722. The maximum atomic E-state index is 11.4. The van der Waals surface area contributed by atoms with Gasteiger partial charge in [-0.25, -0.2) is 4.79 Å². The Morgan fingerprint density at radius 3 is 3.29 bits per heavy atom. The van der Waals surface area contributed by atoms with Crippen LogP contribution in [0.15, 0.2) is 18.5 Å². The lowest BCUT2D eigenvalue weighted by atomic mass is 10.3. The third-order valence-electron chi connectivity index (χ3n) is 1.84. The molecule has 0 radical (unpaired) electrons. The number of aromatic amines is 1. The maximum Gasteiger partial charge on any atom is 0.361 e. The fraction of sp³-hybridized carbons (Fsp3) is 0.222. The first-order chi connectivity index (χ1) is 6.83. The van der Waals surface area contributed by atoms with Crippen molar-refractivity contribution < 1.29 is 9.53 Å². The average molecular weight is 191 g/mol. The van der Waals surface area contributed by atoms with E-state index in [4.69, 9.17) is 4.74 Å². The van der Waals surface area contributed by atoms with Crippen LogP contribution in [-0.4, -0.2) is 27.8 Å². The molecule has 0 saturated heterocycles. The predicted molar refractivity (Wildman–Crippen MR) is 49.8 cm³/mol. The fourth-order valence-electron chi connectivity index (χ4n) is 1.24. The van der Waals surface area contributed by atoms with Crippen LogP contribution in [0.25, 0.3) is 10.9 Å². The Morgan fingerprint density at radius 1 is 1.64 bits per heavy atom. The summed E-state index contributed by atoms with van der Waals surface area (Å²) in [5.41, 5.74) is 0.896. The van der Waals surface area contributed by atoms with Crippen molar-refractivity contribution in [2.75, 3.05) is 6.61 Å². The third kappa shape index (κ3) is 1.32. The molecular weight excluding hydrogens is 182 g/mol. The Bertz CT molecular complexity index is 464. The van der Waals surface area contributed by atoms with Crippen molar-refractivity contribution in [3.05, 3.63) is 24.2 Å². The Labute approximate surface area is 80.1 Å². The Morgan fingerprint density at radius 2 is 2.50 bits per heavy atom. The van der Waals surface area contributed by atoms with Crippen molar-refractivity contribution in [1.29, 1.82) is 0 Å². The van der Waals surface area contributed by atoms with Crippen molar-refractivity contribution in [3.63, 3.8) is 0 Å². The molecule has 72 valence electrons. The number of ether oxygens (including phenoxy) is 1. The first kappa shape index (κ1) is 8.68. The van der Waals surface area contributed by atoms with Gasteiger partial charge < -0.3 is 9.72 Å². The molecule has 0 spiro atoms. The largest absolute Gasteiger partial charge is 0.461 e. The lowest BCUT2D eigenvalue weighted by molar-refractivity contribution is 0.0520. The van der Waals surface area contributed by atoms with Gasteiger partial charge in [-0.05, 0) is 13.0 Å². The van der Waals surface area contributed by atoms with E-state index in [1.807, 2.05) is 6.07 Å². The highest BCUT2D eigenvalue weighted by molar-refractivity contribution is 6.00. The predicted octanol–water partition coefficient (Wildman–Crippen LogP) is 1.13. The summed E-state index contributed by atoms with van der Waals surface area (Å²) in [7, 11) is 0.